The van der Waals surface area contributed by atoms with Crippen molar-refractivity contribution in [2.45, 2.75) is 19.6 Å². The van der Waals surface area contributed by atoms with Crippen molar-refractivity contribution in [1.82, 2.24) is 14.9 Å². The van der Waals surface area contributed by atoms with Crippen molar-refractivity contribution >= 4 is 22.9 Å². The van der Waals surface area contributed by atoms with E-state index in [0.29, 0.717) is 11.0 Å². The summed E-state index contributed by atoms with van der Waals surface area (Å²) in [6.45, 7) is 3.64. The topological polar surface area (TPSA) is 38.2 Å². The van der Waals surface area contributed by atoms with E-state index in [2.05, 4.69) is 21.9 Å². The highest BCUT2D eigenvalue weighted by Gasteiger charge is 2.25. The van der Waals surface area contributed by atoms with Crippen LogP contribution in [0.1, 0.15) is 21.6 Å². The first-order valence-corrected chi connectivity index (χ1v) is 7.24. The number of aromatic nitrogens is 2. The van der Waals surface area contributed by atoms with E-state index in [1.54, 1.807) is 17.4 Å². The summed E-state index contributed by atoms with van der Waals surface area (Å²) in [5.41, 5.74) is 1.06. The highest BCUT2D eigenvalue weighted by molar-refractivity contribution is 7.11. The van der Waals surface area contributed by atoms with Gasteiger partial charge < -0.3 is 4.74 Å². The van der Waals surface area contributed by atoms with Crippen LogP contribution < -0.4 is 4.74 Å². The molecule has 0 saturated carbocycles. The minimum Gasteiger partial charge on any atom is -0.465 e. The second-order valence-corrected chi connectivity index (χ2v) is 6.36. The molecule has 1 aliphatic heterocycles. The molecule has 1 atom stereocenters. The number of hydrogen-bond acceptors (Lipinski definition) is 5. The first-order chi connectivity index (χ1) is 9.11. The summed E-state index contributed by atoms with van der Waals surface area (Å²) in [4.78, 5) is 12.1. The third-order valence-corrected chi connectivity index (χ3v) is 4.21. The van der Waals surface area contributed by atoms with Crippen molar-refractivity contribution in [2.75, 3.05) is 13.6 Å². The summed E-state index contributed by atoms with van der Waals surface area (Å²) in [6, 6.07) is 3.77. The van der Waals surface area contributed by atoms with Gasteiger partial charge in [0.2, 0.25) is 5.88 Å². The summed E-state index contributed by atoms with van der Waals surface area (Å²) < 4.78 is 6.02. The average Bonchev–Trinajstić information content (AvgIpc) is 2.71. The predicted octanol–water partition coefficient (Wildman–Crippen LogP) is 3.07. The first kappa shape index (κ1) is 12.8. The smallest absolute Gasteiger partial charge is 0.220 e. The maximum atomic E-state index is 6.02. The third kappa shape index (κ3) is 2.73. The molecule has 0 aromatic carbocycles. The van der Waals surface area contributed by atoms with Crippen LogP contribution in [-0.4, -0.2) is 28.5 Å². The number of thiazole rings is 1. The first-order valence-electron chi connectivity index (χ1n) is 6.05. The molecule has 3 heterocycles. The molecule has 3 rings (SSSR count). The Morgan fingerprint density at radius 2 is 2.32 bits per heavy atom. The molecule has 0 radical (unpaired) electrons. The van der Waals surface area contributed by atoms with Gasteiger partial charge in [0.1, 0.15) is 10.2 Å². The predicted molar refractivity (Wildman–Crippen MR) is 75.8 cm³/mol. The van der Waals surface area contributed by atoms with Crippen LogP contribution in [0.15, 0.2) is 18.3 Å². The van der Waals surface area contributed by atoms with Crippen LogP contribution in [0.4, 0.5) is 0 Å². The molecule has 0 spiro atoms. The highest BCUT2D eigenvalue weighted by atomic mass is 35.5. The van der Waals surface area contributed by atoms with Gasteiger partial charge in [-0.1, -0.05) is 11.6 Å². The fourth-order valence-corrected chi connectivity index (χ4v) is 3.06. The molecule has 0 N–H and O–H groups in total. The fourth-order valence-electron chi connectivity index (χ4n) is 2.13. The Bertz CT molecular complexity index is 601. The molecule has 6 heteroatoms. The van der Waals surface area contributed by atoms with Crippen molar-refractivity contribution < 1.29 is 4.74 Å². The van der Waals surface area contributed by atoms with Gasteiger partial charge in [0.15, 0.2) is 6.10 Å². The van der Waals surface area contributed by atoms with Crippen LogP contribution in [0.5, 0.6) is 5.88 Å². The molecule has 0 bridgehead atoms. The SMILES string of the molecule is Cc1cnc(C2CN(C)Cc3ccc(Cl)nc3O2)s1. The molecule has 0 saturated heterocycles. The zero-order valence-electron chi connectivity index (χ0n) is 10.8. The number of fused-ring (bicyclic) bond motifs is 1. The van der Waals surface area contributed by atoms with Crippen molar-refractivity contribution in [2.24, 2.45) is 0 Å². The van der Waals surface area contributed by atoms with Gasteiger partial charge in [-0.05, 0) is 26.1 Å². The molecule has 0 fully saturated rings. The average molecular weight is 296 g/mol. The van der Waals surface area contributed by atoms with Gasteiger partial charge in [-0.3, -0.25) is 4.90 Å². The van der Waals surface area contributed by atoms with E-state index in [9.17, 15) is 0 Å². The Morgan fingerprint density at radius 3 is 3.05 bits per heavy atom. The summed E-state index contributed by atoms with van der Waals surface area (Å²) in [5, 5.41) is 1.44. The molecule has 0 amide bonds. The van der Waals surface area contributed by atoms with Gasteiger partial charge >= 0.3 is 0 Å². The molecule has 19 heavy (non-hydrogen) atoms. The second-order valence-electron chi connectivity index (χ2n) is 4.71. The zero-order valence-corrected chi connectivity index (χ0v) is 12.3. The zero-order chi connectivity index (χ0) is 13.4. The van der Waals surface area contributed by atoms with Crippen LogP contribution >= 0.6 is 22.9 Å². The Hall–Kier alpha value is -1.17. The van der Waals surface area contributed by atoms with Crippen molar-refractivity contribution in [1.29, 1.82) is 0 Å². The van der Waals surface area contributed by atoms with E-state index in [1.165, 1.54) is 4.88 Å². The number of pyridine rings is 1. The number of nitrogens with zero attached hydrogens (tertiary/aromatic N) is 3. The number of likely N-dealkylation sites (N-methyl/N-ethyl adjacent to an activating group) is 1. The molecule has 2 aromatic heterocycles. The maximum absolute atomic E-state index is 6.02. The van der Waals surface area contributed by atoms with E-state index in [-0.39, 0.29) is 6.10 Å². The van der Waals surface area contributed by atoms with Crippen LogP contribution in [-0.2, 0) is 6.54 Å². The lowest BCUT2D eigenvalue weighted by molar-refractivity contribution is 0.159. The van der Waals surface area contributed by atoms with Crippen molar-refractivity contribution in [3.63, 3.8) is 0 Å². The molecule has 1 aliphatic rings. The van der Waals surface area contributed by atoms with Gasteiger partial charge in [0.25, 0.3) is 0 Å². The van der Waals surface area contributed by atoms with Crippen molar-refractivity contribution in [3.05, 3.63) is 38.9 Å². The molecular weight excluding hydrogens is 282 g/mol. The lowest BCUT2D eigenvalue weighted by atomic mass is 10.2. The van der Waals surface area contributed by atoms with E-state index in [0.717, 1.165) is 23.7 Å². The van der Waals surface area contributed by atoms with E-state index < -0.39 is 0 Å². The minimum atomic E-state index is -0.0871. The lowest BCUT2D eigenvalue weighted by Gasteiger charge is -2.17. The Morgan fingerprint density at radius 1 is 1.47 bits per heavy atom. The van der Waals surface area contributed by atoms with Gasteiger partial charge in [-0.25, -0.2) is 9.97 Å². The van der Waals surface area contributed by atoms with E-state index in [4.69, 9.17) is 16.3 Å². The van der Waals surface area contributed by atoms with Gasteiger partial charge in [0, 0.05) is 29.7 Å². The number of aryl methyl sites for hydroxylation is 1. The third-order valence-electron chi connectivity index (χ3n) is 2.99. The highest BCUT2D eigenvalue weighted by Crippen LogP contribution is 2.31. The monoisotopic (exact) mass is 295 g/mol. The number of hydrogen-bond donors (Lipinski definition) is 0. The summed E-state index contributed by atoms with van der Waals surface area (Å²) in [7, 11) is 2.07. The van der Waals surface area contributed by atoms with Gasteiger partial charge in [-0.15, -0.1) is 11.3 Å². The van der Waals surface area contributed by atoms with Crippen LogP contribution in [0.2, 0.25) is 5.15 Å². The van der Waals surface area contributed by atoms with Crippen LogP contribution in [0.25, 0.3) is 0 Å². The number of rotatable bonds is 1. The largest absolute Gasteiger partial charge is 0.465 e. The molecular formula is C13H14ClN3OS. The number of ether oxygens (including phenoxy) is 1. The Kier molecular flexibility index (Phi) is 3.43. The van der Waals surface area contributed by atoms with Crippen LogP contribution in [0.3, 0.4) is 0 Å². The van der Waals surface area contributed by atoms with Gasteiger partial charge in [-0.2, -0.15) is 0 Å². The molecule has 1 unspecified atom stereocenters. The van der Waals surface area contributed by atoms with Crippen molar-refractivity contribution in [3.8, 4) is 5.88 Å². The number of halogens is 1. The molecule has 0 aliphatic carbocycles. The molecule has 2 aromatic rings. The minimum absolute atomic E-state index is 0.0871. The standard InChI is InChI=1S/C13H14ClN3OS/c1-8-5-15-13(19-8)10-7-17(2)6-9-3-4-11(14)16-12(9)18-10/h3-5,10H,6-7H2,1-2H3. The second kappa shape index (κ2) is 5.07. The van der Waals surface area contributed by atoms with Gasteiger partial charge in [0.05, 0.1) is 0 Å². The maximum Gasteiger partial charge on any atom is 0.220 e. The summed E-state index contributed by atoms with van der Waals surface area (Å²) in [6.07, 6.45) is 1.79. The normalized spacial score (nSPS) is 19.6. The summed E-state index contributed by atoms with van der Waals surface area (Å²) >= 11 is 7.61. The molecule has 4 nitrogen and oxygen atoms in total. The van der Waals surface area contributed by atoms with E-state index >= 15 is 0 Å². The summed E-state index contributed by atoms with van der Waals surface area (Å²) in [5.74, 6) is 0.620. The van der Waals surface area contributed by atoms with E-state index in [1.807, 2.05) is 19.2 Å². The Labute approximate surface area is 121 Å². The fraction of sp³-hybridized carbons (Fsp3) is 0.385. The Balaban J connectivity index is 1.96. The quantitative estimate of drug-likeness (QED) is 0.758. The molecule has 100 valence electrons. The van der Waals surface area contributed by atoms with Crippen LogP contribution in [0, 0.1) is 6.92 Å². The lowest BCUT2D eigenvalue weighted by Crippen LogP contribution is -2.24.